The van der Waals surface area contributed by atoms with E-state index >= 15 is 0 Å². The van der Waals surface area contributed by atoms with Crippen LogP contribution >= 0.6 is 0 Å². The van der Waals surface area contributed by atoms with Crippen molar-refractivity contribution in [2.24, 2.45) is 5.92 Å². The van der Waals surface area contributed by atoms with Gasteiger partial charge in [-0.1, -0.05) is 42.0 Å². The number of aliphatic hydroxyl groups is 2. The lowest BCUT2D eigenvalue weighted by molar-refractivity contribution is -0.200. The zero-order valence-corrected chi connectivity index (χ0v) is 19.2. The third-order valence-electron chi connectivity index (χ3n) is 6.59. The van der Waals surface area contributed by atoms with Gasteiger partial charge in [0.15, 0.2) is 17.2 Å². The Morgan fingerprint density at radius 1 is 1.12 bits per heavy atom. The number of amides is 1. The first-order chi connectivity index (χ1) is 16.3. The number of carbonyl (C=O) groups is 1. The molecule has 4 rings (SSSR count). The van der Waals surface area contributed by atoms with Crippen LogP contribution in [0.25, 0.3) is 0 Å². The summed E-state index contributed by atoms with van der Waals surface area (Å²) in [5, 5.41) is 24.1. The van der Waals surface area contributed by atoms with Gasteiger partial charge < -0.3 is 25.0 Å². The SMILES string of the molecule is Cc1cccc(CO[C@]2(C(=O)NCC3CC3)CC(OCc3cccc(F)c3F)[C@H](O)[C@H](O)C2)c1. The lowest BCUT2D eigenvalue weighted by Crippen LogP contribution is -2.60. The fourth-order valence-electron chi connectivity index (χ4n) is 4.36. The average molecular weight is 476 g/mol. The molecule has 0 saturated heterocycles. The lowest BCUT2D eigenvalue weighted by Gasteiger charge is -2.44. The second kappa shape index (κ2) is 10.5. The highest BCUT2D eigenvalue weighted by molar-refractivity contribution is 5.85. The monoisotopic (exact) mass is 475 g/mol. The van der Waals surface area contributed by atoms with Gasteiger partial charge in [-0.05, 0) is 37.3 Å². The zero-order chi connectivity index (χ0) is 24.3. The van der Waals surface area contributed by atoms with Crippen molar-refractivity contribution < 1.29 is 33.3 Å². The van der Waals surface area contributed by atoms with E-state index in [0.29, 0.717) is 12.5 Å². The van der Waals surface area contributed by atoms with Crippen molar-refractivity contribution >= 4 is 5.91 Å². The number of rotatable bonds is 9. The Hall–Kier alpha value is -2.39. The van der Waals surface area contributed by atoms with Gasteiger partial charge in [-0.15, -0.1) is 0 Å². The molecule has 2 aromatic carbocycles. The van der Waals surface area contributed by atoms with Crippen LogP contribution in [-0.4, -0.2) is 46.6 Å². The van der Waals surface area contributed by atoms with E-state index < -0.39 is 35.5 Å². The summed E-state index contributed by atoms with van der Waals surface area (Å²) in [7, 11) is 0. The van der Waals surface area contributed by atoms with Crippen LogP contribution in [0.4, 0.5) is 8.78 Å². The van der Waals surface area contributed by atoms with E-state index in [1.54, 1.807) is 0 Å². The molecule has 0 heterocycles. The number of ether oxygens (including phenoxy) is 2. The Labute approximate surface area is 197 Å². The Morgan fingerprint density at radius 3 is 2.62 bits per heavy atom. The van der Waals surface area contributed by atoms with Gasteiger partial charge in [-0.2, -0.15) is 0 Å². The topological polar surface area (TPSA) is 88.0 Å². The summed E-state index contributed by atoms with van der Waals surface area (Å²) in [5.74, 6) is -1.96. The maximum atomic E-state index is 14.1. The number of nitrogens with one attached hydrogen (secondary N) is 1. The molecule has 2 aliphatic carbocycles. The van der Waals surface area contributed by atoms with E-state index in [1.165, 1.54) is 12.1 Å². The van der Waals surface area contributed by atoms with Crippen molar-refractivity contribution in [3.63, 3.8) is 0 Å². The summed E-state index contributed by atoms with van der Waals surface area (Å²) in [6.45, 7) is 2.28. The highest BCUT2D eigenvalue weighted by Crippen LogP contribution is 2.36. The Balaban J connectivity index is 1.52. The normalized spacial score (nSPS) is 26.9. The molecule has 0 radical (unpaired) electrons. The molecule has 4 atom stereocenters. The van der Waals surface area contributed by atoms with Crippen LogP contribution in [0.1, 0.15) is 42.4 Å². The second-order valence-corrected chi connectivity index (χ2v) is 9.45. The van der Waals surface area contributed by atoms with Gasteiger partial charge in [0.25, 0.3) is 5.91 Å². The van der Waals surface area contributed by atoms with Crippen LogP contribution in [0.15, 0.2) is 42.5 Å². The third-order valence-corrected chi connectivity index (χ3v) is 6.59. The van der Waals surface area contributed by atoms with Crippen molar-refractivity contribution in [1.29, 1.82) is 0 Å². The summed E-state index contributed by atoms with van der Waals surface area (Å²) in [6, 6.07) is 11.4. The van der Waals surface area contributed by atoms with Gasteiger partial charge in [0, 0.05) is 24.9 Å². The van der Waals surface area contributed by atoms with E-state index in [-0.39, 0.29) is 37.5 Å². The minimum Gasteiger partial charge on any atom is -0.390 e. The van der Waals surface area contributed by atoms with E-state index in [0.717, 1.165) is 30.0 Å². The fourth-order valence-corrected chi connectivity index (χ4v) is 4.36. The summed E-state index contributed by atoms with van der Waals surface area (Å²) in [5.41, 5.74) is 0.458. The standard InChI is InChI=1S/C26H31F2NO5/c1-16-4-2-5-18(10-16)14-34-26(25(32)29-13-17-8-9-17)11-21(30)24(31)22(12-26)33-15-19-6-3-7-20(27)23(19)28/h2-7,10,17,21-22,24,30-31H,8-9,11-15H2,1H3,(H,29,32)/t21-,22?,24-,26+/m1/s1. The first-order valence-electron chi connectivity index (χ1n) is 11.7. The van der Waals surface area contributed by atoms with Crippen molar-refractivity contribution in [2.75, 3.05) is 6.54 Å². The second-order valence-electron chi connectivity index (χ2n) is 9.45. The molecular weight excluding hydrogens is 444 g/mol. The van der Waals surface area contributed by atoms with E-state index in [2.05, 4.69) is 5.32 Å². The molecule has 3 N–H and O–H groups in total. The number of halogens is 2. The highest BCUT2D eigenvalue weighted by atomic mass is 19.2. The zero-order valence-electron chi connectivity index (χ0n) is 19.2. The van der Waals surface area contributed by atoms with Crippen LogP contribution in [0.3, 0.4) is 0 Å². The third kappa shape index (κ3) is 5.81. The van der Waals surface area contributed by atoms with Crippen molar-refractivity contribution in [1.82, 2.24) is 5.32 Å². The molecule has 6 nitrogen and oxygen atoms in total. The van der Waals surface area contributed by atoms with E-state index in [9.17, 15) is 23.8 Å². The molecule has 2 fully saturated rings. The molecule has 1 amide bonds. The fraction of sp³-hybridized carbons (Fsp3) is 0.500. The number of aryl methyl sites for hydroxylation is 1. The predicted molar refractivity (Wildman–Crippen MR) is 121 cm³/mol. The van der Waals surface area contributed by atoms with E-state index in [4.69, 9.17) is 9.47 Å². The van der Waals surface area contributed by atoms with Gasteiger partial charge in [-0.3, -0.25) is 4.79 Å². The number of aliphatic hydroxyl groups excluding tert-OH is 2. The lowest BCUT2D eigenvalue weighted by atomic mass is 9.78. The van der Waals surface area contributed by atoms with Gasteiger partial charge in [-0.25, -0.2) is 8.78 Å². The first-order valence-corrected chi connectivity index (χ1v) is 11.7. The average Bonchev–Trinajstić information content (AvgIpc) is 3.64. The molecule has 0 aliphatic heterocycles. The molecule has 0 bridgehead atoms. The smallest absolute Gasteiger partial charge is 0.252 e. The summed E-state index contributed by atoms with van der Waals surface area (Å²) in [4.78, 5) is 13.3. The van der Waals surface area contributed by atoms with Crippen molar-refractivity contribution in [3.8, 4) is 0 Å². The summed E-state index contributed by atoms with van der Waals surface area (Å²) >= 11 is 0. The molecule has 2 saturated carbocycles. The van der Waals surface area contributed by atoms with Gasteiger partial charge in [0.05, 0.1) is 25.4 Å². The van der Waals surface area contributed by atoms with Gasteiger partial charge in [0.1, 0.15) is 6.10 Å². The number of benzene rings is 2. The maximum absolute atomic E-state index is 14.1. The summed E-state index contributed by atoms with van der Waals surface area (Å²) < 4.78 is 39.5. The van der Waals surface area contributed by atoms with E-state index in [1.807, 2.05) is 31.2 Å². The van der Waals surface area contributed by atoms with Gasteiger partial charge in [0.2, 0.25) is 0 Å². The molecule has 184 valence electrons. The molecule has 2 aliphatic rings. The minimum atomic E-state index is -1.44. The molecule has 0 spiro atoms. The van der Waals surface area contributed by atoms with Crippen LogP contribution < -0.4 is 5.32 Å². The molecule has 1 unspecified atom stereocenters. The highest BCUT2D eigenvalue weighted by Gasteiger charge is 2.51. The van der Waals surface area contributed by atoms with Crippen molar-refractivity contribution in [2.45, 2.75) is 69.7 Å². The molecule has 34 heavy (non-hydrogen) atoms. The van der Waals surface area contributed by atoms with Crippen LogP contribution in [0, 0.1) is 24.5 Å². The molecule has 8 heteroatoms. The Kier molecular flexibility index (Phi) is 7.62. The van der Waals surface area contributed by atoms with Crippen molar-refractivity contribution in [3.05, 3.63) is 70.8 Å². The van der Waals surface area contributed by atoms with Crippen LogP contribution in [-0.2, 0) is 27.5 Å². The van der Waals surface area contributed by atoms with Crippen LogP contribution in [0.5, 0.6) is 0 Å². The Bertz CT molecular complexity index is 1010. The predicted octanol–water partition coefficient (Wildman–Crippen LogP) is 3.16. The number of carbonyl (C=O) groups excluding carboxylic acids is 1. The van der Waals surface area contributed by atoms with Gasteiger partial charge >= 0.3 is 0 Å². The molecule has 0 aromatic heterocycles. The van der Waals surface area contributed by atoms with Crippen LogP contribution in [0.2, 0.25) is 0 Å². The first kappa shape index (κ1) is 24.7. The maximum Gasteiger partial charge on any atom is 0.252 e. The molecular formula is C26H31F2NO5. The minimum absolute atomic E-state index is 0.0169. The number of hydrogen-bond acceptors (Lipinski definition) is 5. The number of hydrogen-bond donors (Lipinski definition) is 3. The Morgan fingerprint density at radius 2 is 1.88 bits per heavy atom. The molecule has 2 aromatic rings. The largest absolute Gasteiger partial charge is 0.390 e. The quantitative estimate of drug-likeness (QED) is 0.519. The summed E-state index contributed by atoms with van der Waals surface area (Å²) in [6.07, 6.45) is -1.64.